The van der Waals surface area contributed by atoms with Gasteiger partial charge in [-0.25, -0.2) is 9.37 Å². The van der Waals surface area contributed by atoms with E-state index in [4.69, 9.17) is 16.3 Å². The Morgan fingerprint density at radius 2 is 2.05 bits per heavy atom. The number of halogens is 2. The molecule has 0 atom stereocenters. The van der Waals surface area contributed by atoms with Gasteiger partial charge in [-0.1, -0.05) is 23.7 Å². The maximum absolute atomic E-state index is 15.1. The van der Waals surface area contributed by atoms with Crippen molar-refractivity contribution in [2.75, 3.05) is 0 Å². The van der Waals surface area contributed by atoms with Crippen LogP contribution in [0.2, 0.25) is 0 Å². The van der Waals surface area contributed by atoms with E-state index >= 15 is 4.39 Å². The van der Waals surface area contributed by atoms with Crippen molar-refractivity contribution >= 4 is 34.4 Å². The number of pyridine rings is 3. The molecule has 0 bridgehead atoms. The largest absolute Gasteiger partial charge is 0.486 e. The van der Waals surface area contributed by atoms with Crippen LogP contribution in [0.3, 0.4) is 0 Å². The molecule has 0 amide bonds. The first-order valence-corrected chi connectivity index (χ1v) is 12.2. The van der Waals surface area contributed by atoms with Crippen LogP contribution in [0, 0.1) is 31.0 Å². The van der Waals surface area contributed by atoms with Gasteiger partial charge in [-0.15, -0.1) is 0 Å². The van der Waals surface area contributed by atoms with Crippen molar-refractivity contribution in [1.29, 1.82) is 5.26 Å². The monoisotopic (exact) mass is 529 g/mol. The van der Waals surface area contributed by atoms with Gasteiger partial charge in [0.2, 0.25) is 0 Å². The van der Waals surface area contributed by atoms with Crippen LogP contribution in [0.25, 0.3) is 16.6 Å². The van der Waals surface area contributed by atoms with Crippen LogP contribution < -0.4 is 10.3 Å². The van der Waals surface area contributed by atoms with Crippen LogP contribution in [-0.2, 0) is 13.2 Å². The second-order valence-corrected chi connectivity index (χ2v) is 9.20. The normalized spacial score (nSPS) is 12.0. The van der Waals surface area contributed by atoms with E-state index in [2.05, 4.69) is 15.0 Å². The third kappa shape index (κ3) is 5.34. The molecule has 4 aromatic rings. The molecule has 3 heterocycles. The first-order chi connectivity index (χ1) is 18.2. The third-order valence-electron chi connectivity index (χ3n) is 6.07. The summed E-state index contributed by atoms with van der Waals surface area (Å²) in [5.41, 5.74) is 3.66. The maximum Gasteiger partial charge on any atom is 0.268 e. The molecule has 0 aliphatic carbocycles. The molecule has 0 aliphatic heterocycles. The number of aromatic nitrogens is 3. The van der Waals surface area contributed by atoms with E-state index in [9.17, 15) is 10.1 Å². The summed E-state index contributed by atoms with van der Waals surface area (Å²) in [5, 5.41) is 10.5. The van der Waals surface area contributed by atoms with E-state index in [0.29, 0.717) is 33.3 Å². The van der Waals surface area contributed by atoms with E-state index in [-0.39, 0.29) is 24.3 Å². The van der Waals surface area contributed by atoms with Crippen molar-refractivity contribution in [3.8, 4) is 11.8 Å². The molecule has 0 saturated heterocycles. The Morgan fingerprint density at radius 3 is 2.76 bits per heavy atom. The van der Waals surface area contributed by atoms with Gasteiger partial charge in [0, 0.05) is 50.9 Å². The molecule has 7 nitrogen and oxygen atoms in total. The smallest absolute Gasteiger partial charge is 0.268 e. The highest BCUT2D eigenvalue weighted by atomic mass is 35.5. The quantitative estimate of drug-likeness (QED) is 0.271. The number of hydrogen-bond donors (Lipinski definition) is 0. The number of hydrogen-bond acceptors (Lipinski definition) is 6. The number of aliphatic imine (C=N–C) groups is 1. The fourth-order valence-corrected chi connectivity index (χ4v) is 4.39. The number of aryl methyl sites for hydroxylation is 2. The molecule has 3 aromatic heterocycles. The van der Waals surface area contributed by atoms with Crippen molar-refractivity contribution < 1.29 is 9.13 Å². The van der Waals surface area contributed by atoms with Crippen LogP contribution in [0.4, 0.5) is 4.39 Å². The Hall–Kier alpha value is -4.35. The Labute approximate surface area is 224 Å². The summed E-state index contributed by atoms with van der Waals surface area (Å²) in [6, 6.07) is 12.4. The average molecular weight is 530 g/mol. The minimum atomic E-state index is -0.555. The van der Waals surface area contributed by atoms with Crippen molar-refractivity contribution in [3.63, 3.8) is 0 Å². The van der Waals surface area contributed by atoms with Gasteiger partial charge in [0.25, 0.3) is 5.56 Å². The summed E-state index contributed by atoms with van der Waals surface area (Å²) in [5.74, 6) is -0.0941. The number of allylic oxidation sites excluding steroid dienone is 1. The lowest BCUT2D eigenvalue weighted by molar-refractivity contribution is 0.300. The fourth-order valence-electron chi connectivity index (χ4n) is 4.24. The summed E-state index contributed by atoms with van der Waals surface area (Å²) in [7, 11) is 0. The molecule has 0 unspecified atom stereocenters. The highest BCUT2D eigenvalue weighted by Gasteiger charge is 2.18. The molecule has 0 fully saturated rings. The van der Waals surface area contributed by atoms with Gasteiger partial charge in [-0.2, -0.15) is 5.26 Å². The predicted octanol–water partition coefficient (Wildman–Crippen LogP) is 6.06. The Kier molecular flexibility index (Phi) is 7.99. The topological polar surface area (TPSA) is 93.2 Å². The molecule has 0 aliphatic rings. The van der Waals surface area contributed by atoms with E-state index < -0.39 is 11.4 Å². The van der Waals surface area contributed by atoms with E-state index in [0.717, 1.165) is 22.8 Å². The lowest BCUT2D eigenvalue weighted by Crippen LogP contribution is -2.23. The summed E-state index contributed by atoms with van der Waals surface area (Å²) >= 11 is 6.36. The van der Waals surface area contributed by atoms with Gasteiger partial charge in [0.1, 0.15) is 35.3 Å². The maximum atomic E-state index is 15.1. The minimum Gasteiger partial charge on any atom is -0.486 e. The van der Waals surface area contributed by atoms with Gasteiger partial charge < -0.3 is 9.30 Å². The van der Waals surface area contributed by atoms with Gasteiger partial charge in [0.05, 0.1) is 18.4 Å². The van der Waals surface area contributed by atoms with Crippen molar-refractivity contribution in [3.05, 3.63) is 104 Å². The Balaban J connectivity index is 1.76. The first-order valence-electron chi connectivity index (χ1n) is 11.9. The number of rotatable bonds is 7. The number of para-hydroxylation sites is 1. The Bertz CT molecular complexity index is 1700. The summed E-state index contributed by atoms with van der Waals surface area (Å²) in [4.78, 5) is 25.9. The van der Waals surface area contributed by atoms with E-state index in [1.807, 2.05) is 38.1 Å². The van der Waals surface area contributed by atoms with Gasteiger partial charge >= 0.3 is 0 Å². The third-order valence-corrected chi connectivity index (χ3v) is 6.25. The average Bonchev–Trinajstić information content (AvgIpc) is 2.89. The molecule has 0 radical (unpaired) electrons. The lowest BCUT2D eigenvalue weighted by atomic mass is 10.0. The molecule has 0 saturated carbocycles. The molecule has 192 valence electrons. The van der Waals surface area contributed by atoms with Crippen molar-refractivity contribution in [2.24, 2.45) is 4.99 Å². The standard InChI is InChI=1S/C29H25ClFN5O2/c1-5-33-27(18(3)30)22-12-17(2)35-28-21(22)9-6-10-26(28)38-16-24-23(19(4)34-14-25(24)31)15-36-11-7-8-20(13-32)29(36)37/h5-12,14H,15-16H2,1-4H3/b27-18+,33-5?. The number of nitrogens with zero attached hydrogens (tertiary/aromatic N) is 5. The number of ether oxygens (including phenoxy) is 1. The molecule has 0 spiro atoms. The lowest BCUT2D eigenvalue weighted by Gasteiger charge is -2.17. The zero-order chi connectivity index (χ0) is 27.4. The van der Waals surface area contributed by atoms with Crippen LogP contribution in [0.15, 0.2) is 63.6 Å². The highest BCUT2D eigenvalue weighted by Crippen LogP contribution is 2.34. The minimum absolute atomic E-state index is 0.00771. The van der Waals surface area contributed by atoms with E-state index in [1.165, 1.54) is 10.6 Å². The van der Waals surface area contributed by atoms with Gasteiger partial charge in [-0.3, -0.25) is 14.8 Å². The molecular formula is C29H25ClFN5O2. The molecule has 1 aromatic carbocycles. The number of nitriles is 1. The fraction of sp³-hybridized carbons (Fsp3) is 0.207. The predicted molar refractivity (Wildman–Crippen MR) is 147 cm³/mol. The zero-order valence-electron chi connectivity index (χ0n) is 21.4. The van der Waals surface area contributed by atoms with Crippen molar-refractivity contribution in [2.45, 2.75) is 40.8 Å². The SMILES string of the molecule is CC=N/C(=C(\C)Cl)c1cc(C)nc2c(OCc3c(F)cnc(C)c3Cn3cccc(C#N)c3=O)cccc12. The van der Waals surface area contributed by atoms with Crippen LogP contribution in [0.1, 0.15) is 47.5 Å². The molecule has 38 heavy (non-hydrogen) atoms. The molecule has 9 heteroatoms. The van der Waals surface area contributed by atoms with Gasteiger partial charge in [-0.05, 0) is 52.0 Å². The van der Waals surface area contributed by atoms with E-state index in [1.54, 1.807) is 38.4 Å². The second-order valence-electron chi connectivity index (χ2n) is 8.64. The van der Waals surface area contributed by atoms with Gasteiger partial charge in [0.15, 0.2) is 0 Å². The summed E-state index contributed by atoms with van der Waals surface area (Å²) in [6.07, 6.45) is 4.37. The highest BCUT2D eigenvalue weighted by molar-refractivity contribution is 6.32. The van der Waals surface area contributed by atoms with Crippen molar-refractivity contribution in [1.82, 2.24) is 14.5 Å². The Morgan fingerprint density at radius 1 is 1.26 bits per heavy atom. The zero-order valence-corrected chi connectivity index (χ0v) is 22.2. The molecule has 0 N–H and O–H groups in total. The summed E-state index contributed by atoms with van der Waals surface area (Å²) in [6.45, 7) is 7.12. The molecule has 4 rings (SSSR count). The van der Waals surface area contributed by atoms with Crippen LogP contribution >= 0.6 is 11.6 Å². The van der Waals surface area contributed by atoms with Crippen LogP contribution in [-0.4, -0.2) is 20.7 Å². The molecular weight excluding hydrogens is 505 g/mol. The summed E-state index contributed by atoms with van der Waals surface area (Å²) < 4.78 is 22.6. The second kappa shape index (κ2) is 11.4. The van der Waals surface area contributed by atoms with Crippen LogP contribution in [0.5, 0.6) is 5.75 Å². The first kappa shape index (κ1) is 26.7. The number of fused-ring (bicyclic) bond motifs is 1. The number of benzene rings is 1.